The number of carbonyl (C=O) groups is 1. The molecule has 0 atom stereocenters. The summed E-state index contributed by atoms with van der Waals surface area (Å²) in [6.07, 6.45) is 4.64. The van der Waals surface area contributed by atoms with Gasteiger partial charge in [-0.1, -0.05) is 35.4 Å². The number of halogens is 2. The van der Waals surface area contributed by atoms with Crippen molar-refractivity contribution in [1.29, 1.82) is 0 Å². The molecule has 0 saturated heterocycles. The molecule has 1 aromatic heterocycles. The third-order valence-corrected chi connectivity index (χ3v) is 1.89. The molecular formula is C9H7Cl2NO. The minimum absolute atomic E-state index is 0.342. The van der Waals surface area contributed by atoms with Gasteiger partial charge in [0.15, 0.2) is 0 Å². The van der Waals surface area contributed by atoms with Crippen LogP contribution in [-0.2, 0) is 4.79 Å². The molecule has 0 spiro atoms. The molecular weight excluding hydrogens is 209 g/mol. The van der Waals surface area contributed by atoms with E-state index in [1.165, 1.54) is 0 Å². The summed E-state index contributed by atoms with van der Waals surface area (Å²) in [5.74, 6) is 0. The molecule has 0 aliphatic carbocycles. The van der Waals surface area contributed by atoms with Gasteiger partial charge >= 0.3 is 0 Å². The number of allylic oxidation sites excluding steroid dienone is 1. The molecule has 68 valence electrons. The molecule has 0 saturated carbocycles. The van der Waals surface area contributed by atoms with Crippen molar-refractivity contribution < 1.29 is 4.79 Å². The third-order valence-electron chi connectivity index (χ3n) is 1.37. The van der Waals surface area contributed by atoms with Crippen molar-refractivity contribution in [2.75, 3.05) is 0 Å². The molecule has 0 fully saturated rings. The van der Waals surface area contributed by atoms with E-state index in [2.05, 4.69) is 4.98 Å². The van der Waals surface area contributed by atoms with Gasteiger partial charge < -0.3 is 4.79 Å². The second-order valence-electron chi connectivity index (χ2n) is 2.32. The lowest BCUT2D eigenvalue weighted by molar-refractivity contribution is -0.107. The number of rotatable bonds is 3. The maximum Gasteiger partial charge on any atom is 0.138 e. The van der Waals surface area contributed by atoms with E-state index in [-0.39, 0.29) is 0 Å². The lowest BCUT2D eigenvalue weighted by atomic mass is 10.2. The zero-order chi connectivity index (χ0) is 9.68. The number of aldehydes is 1. The first kappa shape index (κ1) is 10.2. The predicted molar refractivity (Wildman–Crippen MR) is 54.0 cm³/mol. The van der Waals surface area contributed by atoms with Gasteiger partial charge in [0.05, 0.1) is 0 Å². The minimum atomic E-state index is 0.342. The minimum Gasteiger partial charge on any atom is -0.303 e. The fraction of sp³-hybridized carbons (Fsp3) is 0.111. The Morgan fingerprint density at radius 2 is 2.15 bits per heavy atom. The highest BCUT2D eigenvalue weighted by Crippen LogP contribution is 2.17. The summed E-state index contributed by atoms with van der Waals surface area (Å²) in [6.45, 7) is 0. The van der Waals surface area contributed by atoms with Crippen molar-refractivity contribution in [3.63, 3.8) is 0 Å². The highest BCUT2D eigenvalue weighted by Gasteiger charge is 1.97. The first-order valence-corrected chi connectivity index (χ1v) is 4.42. The van der Waals surface area contributed by atoms with E-state index in [1.807, 2.05) is 0 Å². The van der Waals surface area contributed by atoms with E-state index < -0.39 is 0 Å². The smallest absolute Gasteiger partial charge is 0.138 e. The number of aromatic nitrogens is 1. The van der Waals surface area contributed by atoms with Crippen molar-refractivity contribution >= 4 is 35.6 Å². The van der Waals surface area contributed by atoms with Gasteiger partial charge in [0.25, 0.3) is 0 Å². The van der Waals surface area contributed by atoms with Crippen LogP contribution in [0.1, 0.15) is 12.0 Å². The summed E-state index contributed by atoms with van der Waals surface area (Å²) in [7, 11) is 0. The maximum absolute atomic E-state index is 10.0. The largest absolute Gasteiger partial charge is 0.303 e. The number of hydrogen-bond acceptors (Lipinski definition) is 2. The normalized spacial score (nSPS) is 10.6. The fourth-order valence-electron chi connectivity index (χ4n) is 0.798. The van der Waals surface area contributed by atoms with Gasteiger partial charge in [0.2, 0.25) is 0 Å². The van der Waals surface area contributed by atoms with Gasteiger partial charge in [-0.15, -0.1) is 0 Å². The lowest BCUT2D eigenvalue weighted by Crippen LogP contribution is -1.81. The highest BCUT2D eigenvalue weighted by atomic mass is 35.5. The fourth-order valence-corrected chi connectivity index (χ4v) is 1.21. The number of carbonyl (C=O) groups excluding carboxylic acids is 1. The Balaban J connectivity index is 2.83. The van der Waals surface area contributed by atoms with Crippen molar-refractivity contribution in [1.82, 2.24) is 4.98 Å². The quantitative estimate of drug-likeness (QED) is 0.574. The molecule has 0 bridgehead atoms. The van der Waals surface area contributed by atoms with Crippen LogP contribution in [-0.4, -0.2) is 11.3 Å². The van der Waals surface area contributed by atoms with Gasteiger partial charge in [0.1, 0.15) is 16.6 Å². The zero-order valence-electron chi connectivity index (χ0n) is 6.71. The zero-order valence-corrected chi connectivity index (χ0v) is 8.22. The van der Waals surface area contributed by atoms with Gasteiger partial charge in [-0.3, -0.25) is 0 Å². The molecule has 1 rings (SSSR count). The van der Waals surface area contributed by atoms with Crippen molar-refractivity contribution in [2.45, 2.75) is 6.42 Å². The van der Waals surface area contributed by atoms with Crippen molar-refractivity contribution in [3.05, 3.63) is 34.1 Å². The predicted octanol–water partition coefficient (Wildman–Crippen LogP) is 2.99. The molecule has 0 radical (unpaired) electrons. The summed E-state index contributed by atoms with van der Waals surface area (Å²) in [5.41, 5.74) is 0.757. The Kier molecular flexibility index (Phi) is 3.93. The average Bonchev–Trinajstić information content (AvgIpc) is 2.09. The van der Waals surface area contributed by atoms with Crippen molar-refractivity contribution in [2.24, 2.45) is 0 Å². The van der Waals surface area contributed by atoms with E-state index >= 15 is 0 Å². The Labute approximate surface area is 86.2 Å². The van der Waals surface area contributed by atoms with Crippen LogP contribution >= 0.6 is 23.2 Å². The van der Waals surface area contributed by atoms with Crippen LogP contribution in [0.5, 0.6) is 0 Å². The third kappa shape index (κ3) is 3.17. The van der Waals surface area contributed by atoms with E-state index in [0.29, 0.717) is 16.7 Å². The van der Waals surface area contributed by atoms with E-state index in [4.69, 9.17) is 23.2 Å². The SMILES string of the molecule is O=CCC=Cc1ccc(Cl)nc1Cl. The Bertz CT molecular complexity index is 336. The molecule has 0 amide bonds. The molecule has 0 aliphatic heterocycles. The first-order valence-electron chi connectivity index (χ1n) is 3.66. The van der Waals surface area contributed by atoms with Crippen LogP contribution in [0.2, 0.25) is 10.3 Å². The summed E-state index contributed by atoms with van der Waals surface area (Å²) >= 11 is 11.4. The Morgan fingerprint density at radius 1 is 1.38 bits per heavy atom. The average molecular weight is 216 g/mol. The topological polar surface area (TPSA) is 30.0 Å². The summed E-state index contributed by atoms with van der Waals surface area (Å²) in [5, 5.41) is 0.701. The second kappa shape index (κ2) is 5.00. The van der Waals surface area contributed by atoms with Crippen LogP contribution in [0.4, 0.5) is 0 Å². The van der Waals surface area contributed by atoms with Crippen LogP contribution < -0.4 is 0 Å². The van der Waals surface area contributed by atoms with Crippen LogP contribution in [0.3, 0.4) is 0 Å². The molecule has 13 heavy (non-hydrogen) atoms. The summed E-state index contributed by atoms with van der Waals surface area (Å²) < 4.78 is 0. The lowest BCUT2D eigenvalue weighted by Gasteiger charge is -1.96. The van der Waals surface area contributed by atoms with Crippen LogP contribution in [0, 0.1) is 0 Å². The summed E-state index contributed by atoms with van der Waals surface area (Å²) in [4.78, 5) is 13.9. The maximum atomic E-state index is 10.0. The van der Waals surface area contributed by atoms with Gasteiger partial charge in [-0.05, 0) is 12.1 Å². The van der Waals surface area contributed by atoms with E-state index in [0.717, 1.165) is 11.8 Å². The van der Waals surface area contributed by atoms with E-state index in [1.54, 1.807) is 24.3 Å². The molecule has 1 heterocycles. The van der Waals surface area contributed by atoms with Gasteiger partial charge in [0, 0.05) is 12.0 Å². The Hall–Kier alpha value is -0.860. The standard InChI is InChI=1S/C9H7Cl2NO/c10-8-5-4-7(9(11)12-8)3-1-2-6-13/h1,3-6H,2H2. The number of pyridine rings is 1. The van der Waals surface area contributed by atoms with Gasteiger partial charge in [-0.25, -0.2) is 4.98 Å². The Morgan fingerprint density at radius 3 is 2.77 bits per heavy atom. The van der Waals surface area contributed by atoms with Crippen LogP contribution in [0.15, 0.2) is 18.2 Å². The molecule has 0 unspecified atom stereocenters. The molecule has 0 N–H and O–H groups in total. The molecule has 4 heteroatoms. The first-order chi connectivity index (χ1) is 6.24. The second-order valence-corrected chi connectivity index (χ2v) is 3.06. The van der Waals surface area contributed by atoms with E-state index in [9.17, 15) is 4.79 Å². The van der Waals surface area contributed by atoms with Gasteiger partial charge in [-0.2, -0.15) is 0 Å². The molecule has 0 aliphatic rings. The summed E-state index contributed by atoms with van der Waals surface area (Å²) in [6, 6.07) is 3.40. The number of hydrogen-bond donors (Lipinski definition) is 0. The van der Waals surface area contributed by atoms with Crippen molar-refractivity contribution in [3.8, 4) is 0 Å². The number of nitrogens with zero attached hydrogens (tertiary/aromatic N) is 1. The monoisotopic (exact) mass is 215 g/mol. The molecule has 1 aromatic rings. The molecule has 2 nitrogen and oxygen atoms in total. The molecule has 0 aromatic carbocycles. The highest BCUT2D eigenvalue weighted by molar-refractivity contribution is 6.33. The van der Waals surface area contributed by atoms with Crippen LogP contribution in [0.25, 0.3) is 6.08 Å².